The summed E-state index contributed by atoms with van der Waals surface area (Å²) in [4.78, 5) is 10.1. The monoisotopic (exact) mass is 466 g/mol. The number of nitrogens with two attached hydrogens (primary N) is 3. The summed E-state index contributed by atoms with van der Waals surface area (Å²) in [5.74, 6) is 0.130. The van der Waals surface area contributed by atoms with Crippen LogP contribution in [0.25, 0.3) is 0 Å². The Morgan fingerprint density at radius 1 is 1.03 bits per heavy atom. The van der Waals surface area contributed by atoms with Crippen molar-refractivity contribution in [3.8, 4) is 0 Å². The molecule has 30 heavy (non-hydrogen) atoms. The molecule has 0 aliphatic carbocycles. The van der Waals surface area contributed by atoms with Crippen molar-refractivity contribution in [1.82, 2.24) is 0 Å². The van der Waals surface area contributed by atoms with E-state index in [-0.39, 0.29) is 17.5 Å². The van der Waals surface area contributed by atoms with Gasteiger partial charge in [-0.3, -0.25) is 14.0 Å². The van der Waals surface area contributed by atoms with Crippen LogP contribution in [0.5, 0.6) is 0 Å². The van der Waals surface area contributed by atoms with Gasteiger partial charge in [-0.05, 0) is 45.4 Å². The Bertz CT molecular complexity index is 942. The fourth-order valence-corrected chi connectivity index (χ4v) is 2.07. The molecule has 0 unspecified atom stereocenters. The molecule has 1 aliphatic heterocycles. The summed E-state index contributed by atoms with van der Waals surface area (Å²) in [7, 11) is -7.32. The van der Waals surface area contributed by atoms with E-state index >= 15 is 0 Å². The molecule has 2 rings (SSSR count). The molecule has 0 radical (unpaired) electrons. The number of benzene rings is 1. The first-order valence-electron chi connectivity index (χ1n) is 8.75. The van der Waals surface area contributed by atoms with E-state index in [0.717, 1.165) is 11.3 Å². The Hall–Kier alpha value is -2.26. The topological polar surface area (TPSA) is 215 Å². The van der Waals surface area contributed by atoms with Crippen molar-refractivity contribution in [2.45, 2.75) is 39.9 Å². The molecule has 1 aliphatic rings. The van der Waals surface area contributed by atoms with Gasteiger partial charge in [0.25, 0.3) is 20.2 Å². The van der Waals surface area contributed by atoms with Crippen molar-refractivity contribution in [1.29, 1.82) is 0 Å². The Morgan fingerprint density at radius 3 is 1.87 bits per heavy atom. The molecule has 0 saturated carbocycles. The number of aliphatic imine (C=N–C) groups is 2. The van der Waals surface area contributed by atoms with Gasteiger partial charge < -0.3 is 17.2 Å². The quantitative estimate of drug-likeness (QED) is 0.377. The molecule has 1 aromatic rings. The van der Waals surface area contributed by atoms with Gasteiger partial charge in [-0.2, -0.15) is 21.8 Å². The van der Waals surface area contributed by atoms with Crippen molar-refractivity contribution in [2.24, 2.45) is 27.2 Å². The van der Waals surface area contributed by atoms with E-state index < -0.39 is 25.9 Å². The highest BCUT2D eigenvalue weighted by Crippen LogP contribution is 2.27. The second-order valence-electron chi connectivity index (χ2n) is 6.39. The zero-order chi connectivity index (χ0) is 23.8. The first kappa shape index (κ1) is 27.7. The van der Waals surface area contributed by atoms with Crippen LogP contribution in [-0.4, -0.2) is 55.0 Å². The molecule has 0 aromatic heterocycles. The maximum absolute atomic E-state index is 9.56. The van der Waals surface area contributed by atoms with Gasteiger partial charge >= 0.3 is 0 Å². The summed E-state index contributed by atoms with van der Waals surface area (Å²) in [6.45, 7) is 7.07. The van der Waals surface area contributed by atoms with E-state index in [0.29, 0.717) is 12.5 Å². The molecule has 0 fully saturated rings. The molecule has 0 spiro atoms. The van der Waals surface area contributed by atoms with E-state index in [2.05, 4.69) is 9.98 Å². The van der Waals surface area contributed by atoms with Crippen LogP contribution in [0.15, 0.2) is 34.3 Å². The first-order valence-corrected chi connectivity index (χ1v) is 12.0. The third kappa shape index (κ3) is 10.5. The van der Waals surface area contributed by atoms with Crippen LogP contribution in [0.4, 0.5) is 5.69 Å². The highest BCUT2D eigenvalue weighted by atomic mass is 32.2. The largest absolute Gasteiger partial charge is 0.369 e. The zero-order valence-electron chi connectivity index (χ0n) is 17.3. The molecular weight excluding hydrogens is 436 g/mol. The second-order valence-corrected chi connectivity index (χ2v) is 9.87. The molecule has 0 saturated heterocycles. The molecule has 0 bridgehead atoms. The lowest BCUT2D eigenvalue weighted by atomic mass is 10.1. The van der Waals surface area contributed by atoms with Gasteiger partial charge in [0.05, 0.1) is 11.5 Å². The number of nitrogens with zero attached hydrogens (tertiary/aromatic N) is 3. The standard InChI is InChI=1S/C12H18N6.2C2H6O3S/c1-12(2)17-10(14)16-11(15)18(12)9-5-3-4-8(6-9)7-13;2*1-2-6(3,4)5/h3-6H,7,13H2,1-2H3,(H4,14,15,16,17);2*2H2,1H3,(H,3,4,5). The van der Waals surface area contributed by atoms with Crippen molar-refractivity contribution in [2.75, 3.05) is 16.4 Å². The van der Waals surface area contributed by atoms with Gasteiger partial charge in [-0.25, -0.2) is 4.99 Å². The summed E-state index contributed by atoms with van der Waals surface area (Å²) in [6.07, 6.45) is 0. The summed E-state index contributed by atoms with van der Waals surface area (Å²) in [5.41, 5.74) is 18.6. The molecular formula is C16H30N6O6S2. The van der Waals surface area contributed by atoms with Gasteiger partial charge in [0.15, 0.2) is 0 Å². The number of hydrogen-bond acceptors (Lipinski definition) is 10. The molecule has 14 heteroatoms. The van der Waals surface area contributed by atoms with Crippen LogP contribution in [0.2, 0.25) is 0 Å². The van der Waals surface area contributed by atoms with Crippen LogP contribution in [0.1, 0.15) is 33.3 Å². The minimum absolute atomic E-state index is 0.198. The van der Waals surface area contributed by atoms with Gasteiger partial charge in [0, 0.05) is 12.2 Å². The average Bonchev–Trinajstić information content (AvgIpc) is 2.60. The van der Waals surface area contributed by atoms with E-state index in [4.69, 9.17) is 26.3 Å². The normalized spacial score (nSPS) is 15.6. The van der Waals surface area contributed by atoms with Crippen molar-refractivity contribution in [3.63, 3.8) is 0 Å². The van der Waals surface area contributed by atoms with Gasteiger partial charge in [0.2, 0.25) is 11.9 Å². The SMILES string of the molecule is CC1(C)N=C(N)N=C(N)N1c1cccc(CN)c1.CCS(=O)(=O)O.CCS(=O)(=O)O. The molecule has 0 amide bonds. The third-order valence-corrected chi connectivity index (χ3v) is 4.99. The zero-order valence-corrected chi connectivity index (χ0v) is 19.0. The lowest BCUT2D eigenvalue weighted by Gasteiger charge is -2.38. The van der Waals surface area contributed by atoms with Crippen molar-refractivity contribution in [3.05, 3.63) is 29.8 Å². The summed E-state index contributed by atoms with van der Waals surface area (Å²) in [5, 5.41) is 0. The smallest absolute Gasteiger partial charge is 0.264 e. The molecule has 172 valence electrons. The Morgan fingerprint density at radius 2 is 1.50 bits per heavy atom. The van der Waals surface area contributed by atoms with Gasteiger partial charge in [0.1, 0.15) is 5.66 Å². The van der Waals surface area contributed by atoms with Crippen LogP contribution in [-0.2, 0) is 26.8 Å². The molecule has 8 N–H and O–H groups in total. The maximum Gasteiger partial charge on any atom is 0.264 e. The maximum atomic E-state index is 9.56. The second kappa shape index (κ2) is 11.2. The van der Waals surface area contributed by atoms with Crippen LogP contribution in [0.3, 0.4) is 0 Å². The average molecular weight is 467 g/mol. The fraction of sp³-hybridized carbons (Fsp3) is 0.500. The van der Waals surface area contributed by atoms with E-state index in [1.54, 1.807) is 0 Å². The van der Waals surface area contributed by atoms with Crippen molar-refractivity contribution >= 4 is 37.8 Å². The van der Waals surface area contributed by atoms with Crippen LogP contribution >= 0.6 is 0 Å². The summed E-state index contributed by atoms with van der Waals surface area (Å²) in [6, 6.07) is 7.81. The van der Waals surface area contributed by atoms with Crippen molar-refractivity contribution < 1.29 is 25.9 Å². The highest BCUT2D eigenvalue weighted by Gasteiger charge is 2.32. The number of hydrogen-bond donors (Lipinski definition) is 5. The minimum atomic E-state index is -3.66. The first-order chi connectivity index (χ1) is 13.6. The molecule has 0 atom stereocenters. The van der Waals surface area contributed by atoms with E-state index in [9.17, 15) is 16.8 Å². The molecule has 1 heterocycles. The predicted octanol–water partition coefficient (Wildman–Crippen LogP) is 0.119. The molecule has 12 nitrogen and oxygen atoms in total. The molecule has 1 aromatic carbocycles. The highest BCUT2D eigenvalue weighted by molar-refractivity contribution is 7.85. The van der Waals surface area contributed by atoms with E-state index in [1.165, 1.54) is 13.8 Å². The number of rotatable bonds is 4. The van der Waals surface area contributed by atoms with Crippen LogP contribution in [0, 0.1) is 0 Å². The predicted molar refractivity (Wildman–Crippen MR) is 118 cm³/mol. The lowest BCUT2D eigenvalue weighted by molar-refractivity contribution is 0.482. The van der Waals surface area contributed by atoms with Crippen LogP contribution < -0.4 is 22.1 Å². The number of guanidine groups is 2. The minimum Gasteiger partial charge on any atom is -0.369 e. The third-order valence-electron chi connectivity index (χ3n) is 3.53. The Labute approximate surface area is 177 Å². The Kier molecular flexibility index (Phi) is 10.4. The summed E-state index contributed by atoms with van der Waals surface area (Å²) >= 11 is 0. The fourth-order valence-electron chi connectivity index (χ4n) is 2.07. The lowest BCUT2D eigenvalue weighted by Crippen LogP contribution is -2.54. The Balaban J connectivity index is 0.000000580. The van der Waals surface area contributed by atoms with Gasteiger partial charge in [-0.1, -0.05) is 12.1 Å². The number of anilines is 1. The van der Waals surface area contributed by atoms with Gasteiger partial charge in [-0.15, -0.1) is 0 Å². The van der Waals surface area contributed by atoms with E-state index in [1.807, 2.05) is 43.0 Å². The summed E-state index contributed by atoms with van der Waals surface area (Å²) < 4.78 is 53.8.